The minimum absolute atomic E-state index is 0.0353. The van der Waals surface area contributed by atoms with E-state index in [1.54, 1.807) is 0 Å². The lowest BCUT2D eigenvalue weighted by Gasteiger charge is -2.31. The van der Waals surface area contributed by atoms with Crippen molar-refractivity contribution in [3.63, 3.8) is 0 Å². The first kappa shape index (κ1) is 54.2. The molecule has 0 aliphatic heterocycles. The topological polar surface area (TPSA) is 99.1 Å². The Morgan fingerprint density at radius 2 is 0.914 bits per heavy atom. The van der Waals surface area contributed by atoms with Crippen LogP contribution in [0.2, 0.25) is 0 Å². The third kappa shape index (κ3) is 37.8. The van der Waals surface area contributed by atoms with E-state index in [1.807, 2.05) is 21.1 Å². The van der Waals surface area contributed by atoms with E-state index in [0.29, 0.717) is 19.3 Å². The number of carboxylic acids is 1. The minimum atomic E-state index is -0.888. The van der Waals surface area contributed by atoms with E-state index in [1.165, 1.54) is 0 Å². The number of hydrogen-bond donors (Lipinski definition) is 1. The van der Waals surface area contributed by atoms with E-state index in [4.69, 9.17) is 14.2 Å². The van der Waals surface area contributed by atoms with Gasteiger partial charge in [0.25, 0.3) is 0 Å². The number of likely N-dealkylation sites (N-methyl/N-ethyl adjacent to an activating group) is 1. The molecule has 2 atom stereocenters. The second-order valence-corrected chi connectivity index (χ2v) is 15.5. The third-order valence-electron chi connectivity index (χ3n) is 9.23. The molecule has 2 unspecified atom stereocenters. The molecule has 328 valence electrons. The molecule has 0 aliphatic rings. The lowest BCUT2D eigenvalue weighted by Crippen LogP contribution is -2.50. The Morgan fingerprint density at radius 1 is 0.517 bits per heavy atom. The fourth-order valence-electron chi connectivity index (χ4n) is 5.84. The highest BCUT2D eigenvalue weighted by Crippen LogP contribution is 2.12. The largest absolute Gasteiger partial charge is 0.477 e. The minimum Gasteiger partial charge on any atom is -0.477 e. The number of carbonyl (C=O) groups is 3. The Balaban J connectivity index is 4.46. The molecule has 0 radical (unpaired) electrons. The number of unbranched alkanes of at least 4 members (excludes halogenated alkanes) is 8. The average Bonchev–Trinajstić information content (AvgIpc) is 3.18. The Bertz CT molecular complexity index is 1260. The monoisotopic (exact) mass is 809 g/mol. The highest BCUT2D eigenvalue weighted by molar-refractivity contribution is 5.72. The van der Waals surface area contributed by atoms with Crippen molar-refractivity contribution in [2.75, 3.05) is 41.0 Å². The Morgan fingerprint density at radius 3 is 1.36 bits per heavy atom. The van der Waals surface area contributed by atoms with E-state index in [2.05, 4.69) is 111 Å². The molecular weight excluding hydrogens is 727 g/mol. The molecule has 0 amide bonds. The fourth-order valence-corrected chi connectivity index (χ4v) is 5.84. The van der Waals surface area contributed by atoms with E-state index in [-0.39, 0.29) is 42.7 Å². The van der Waals surface area contributed by atoms with Gasteiger partial charge in [-0.25, -0.2) is 4.79 Å². The van der Waals surface area contributed by atoms with Gasteiger partial charge in [-0.1, -0.05) is 137 Å². The van der Waals surface area contributed by atoms with Gasteiger partial charge in [-0.3, -0.25) is 9.59 Å². The van der Waals surface area contributed by atoms with Crippen molar-refractivity contribution >= 4 is 17.9 Å². The third-order valence-corrected chi connectivity index (χ3v) is 9.23. The summed E-state index contributed by atoms with van der Waals surface area (Å²) >= 11 is 0. The maximum absolute atomic E-state index is 12.7. The van der Waals surface area contributed by atoms with Crippen LogP contribution < -0.4 is 0 Å². The molecule has 1 N–H and O–H groups in total. The van der Waals surface area contributed by atoms with Gasteiger partial charge in [0.2, 0.25) is 0 Å². The molecule has 0 bridgehead atoms. The summed E-state index contributed by atoms with van der Waals surface area (Å²) in [7, 11) is 5.50. The van der Waals surface area contributed by atoms with E-state index in [0.717, 1.165) is 109 Å². The van der Waals surface area contributed by atoms with Crippen LogP contribution in [0, 0.1) is 0 Å². The predicted octanol–water partition coefficient (Wildman–Crippen LogP) is 12.3. The molecule has 0 saturated carbocycles. The second kappa shape index (κ2) is 40.0. The Kier molecular flexibility index (Phi) is 37.5. The van der Waals surface area contributed by atoms with Crippen LogP contribution in [0.1, 0.15) is 149 Å². The number of esters is 2. The van der Waals surface area contributed by atoms with Crippen LogP contribution in [0.15, 0.2) is 97.2 Å². The number of carbonyl (C=O) groups excluding carboxylic acids is 2. The summed E-state index contributed by atoms with van der Waals surface area (Å²) in [5, 5.41) is 9.62. The summed E-state index contributed by atoms with van der Waals surface area (Å²) in [6.07, 6.45) is 53.1. The SMILES string of the molecule is CC/C=C\C/C=C\C/C=C\C/C=C\C/C=C\CCCCCC(=O)OC(COCCC(C(=O)O)[N+](C)(C)C)COC(=O)CCCCCCC/C=C\C/C=C\C/C=C\CC. The molecule has 8 nitrogen and oxygen atoms in total. The summed E-state index contributed by atoms with van der Waals surface area (Å²) < 4.78 is 17.2. The van der Waals surface area contributed by atoms with Crippen LogP contribution in [-0.2, 0) is 28.6 Å². The van der Waals surface area contributed by atoms with Crippen LogP contribution in [0.25, 0.3) is 0 Å². The van der Waals surface area contributed by atoms with Crippen molar-refractivity contribution in [2.45, 2.75) is 161 Å². The van der Waals surface area contributed by atoms with Gasteiger partial charge in [0.1, 0.15) is 6.61 Å². The molecule has 0 heterocycles. The molecule has 0 aromatic carbocycles. The standard InChI is InChI=1S/C50H81NO7/c1-6-8-10-12-14-16-18-20-22-23-24-25-27-29-31-33-35-37-39-41-49(53)58-46(44-56-43-42-47(50(54)55)51(3,4)5)45-57-48(52)40-38-36-34-32-30-28-26-21-19-17-15-13-11-9-7-2/h8-11,14-17,20-22,24-26,29,31,46-47H,6-7,12-13,18-19,23,27-28,30,32-45H2,1-5H3/p+1/b10-8-,11-9-,16-14-,17-15-,22-20-,25-24-,26-21-,31-29-. The fraction of sp³-hybridized carbons (Fsp3) is 0.620. The highest BCUT2D eigenvalue weighted by Gasteiger charge is 2.31. The van der Waals surface area contributed by atoms with E-state index < -0.39 is 18.1 Å². The smallest absolute Gasteiger partial charge is 0.362 e. The molecule has 0 saturated heterocycles. The van der Waals surface area contributed by atoms with Crippen molar-refractivity contribution < 1.29 is 38.2 Å². The number of carboxylic acid groups (broad SMARTS) is 1. The number of allylic oxidation sites excluding steroid dienone is 16. The van der Waals surface area contributed by atoms with Crippen molar-refractivity contribution in [1.29, 1.82) is 0 Å². The normalized spacial score (nSPS) is 13.9. The molecule has 0 aromatic rings. The van der Waals surface area contributed by atoms with Gasteiger partial charge in [-0.2, -0.15) is 0 Å². The first-order valence-electron chi connectivity index (χ1n) is 22.3. The molecule has 8 heteroatoms. The zero-order valence-electron chi connectivity index (χ0n) is 37.2. The number of ether oxygens (including phenoxy) is 3. The van der Waals surface area contributed by atoms with Crippen molar-refractivity contribution in [1.82, 2.24) is 0 Å². The predicted molar refractivity (Wildman–Crippen MR) is 243 cm³/mol. The van der Waals surface area contributed by atoms with Gasteiger partial charge >= 0.3 is 17.9 Å². The van der Waals surface area contributed by atoms with Crippen molar-refractivity contribution in [3.05, 3.63) is 97.2 Å². The lowest BCUT2D eigenvalue weighted by molar-refractivity contribution is -0.887. The number of aliphatic carboxylic acids is 1. The number of quaternary nitrogens is 1. The Hall–Kier alpha value is -3.75. The molecule has 0 spiro atoms. The van der Waals surface area contributed by atoms with Gasteiger partial charge in [0.15, 0.2) is 12.1 Å². The molecule has 0 aromatic heterocycles. The van der Waals surface area contributed by atoms with Gasteiger partial charge in [0, 0.05) is 19.3 Å². The number of rotatable bonds is 38. The summed E-state index contributed by atoms with van der Waals surface area (Å²) in [5.41, 5.74) is 0. The first-order chi connectivity index (χ1) is 28.1. The lowest BCUT2D eigenvalue weighted by atomic mass is 10.1. The summed E-state index contributed by atoms with van der Waals surface area (Å²) in [4.78, 5) is 37.0. The molecule has 58 heavy (non-hydrogen) atoms. The maximum Gasteiger partial charge on any atom is 0.362 e. The van der Waals surface area contributed by atoms with Gasteiger partial charge < -0.3 is 23.8 Å². The van der Waals surface area contributed by atoms with Crippen LogP contribution >= 0.6 is 0 Å². The van der Waals surface area contributed by atoms with Crippen LogP contribution in [0.4, 0.5) is 0 Å². The molecule has 0 aliphatic carbocycles. The summed E-state index contributed by atoms with van der Waals surface area (Å²) in [5.74, 6) is -1.55. The number of nitrogens with zero attached hydrogens (tertiary/aromatic N) is 1. The quantitative estimate of drug-likeness (QED) is 0.0287. The van der Waals surface area contributed by atoms with Crippen molar-refractivity contribution in [3.8, 4) is 0 Å². The second-order valence-electron chi connectivity index (χ2n) is 15.5. The zero-order chi connectivity index (χ0) is 42.8. The van der Waals surface area contributed by atoms with Gasteiger partial charge in [0.05, 0.1) is 34.4 Å². The van der Waals surface area contributed by atoms with Gasteiger partial charge in [-0.05, 0) is 89.9 Å². The average molecular weight is 809 g/mol. The summed E-state index contributed by atoms with van der Waals surface area (Å²) in [6, 6.07) is -0.629. The Labute approximate surface area is 354 Å². The first-order valence-corrected chi connectivity index (χ1v) is 22.3. The highest BCUT2D eigenvalue weighted by atomic mass is 16.6. The van der Waals surface area contributed by atoms with Crippen LogP contribution in [0.5, 0.6) is 0 Å². The molecule has 0 rings (SSSR count). The van der Waals surface area contributed by atoms with Crippen LogP contribution in [0.3, 0.4) is 0 Å². The zero-order valence-corrected chi connectivity index (χ0v) is 37.2. The van der Waals surface area contributed by atoms with Crippen molar-refractivity contribution in [2.24, 2.45) is 0 Å². The van der Waals surface area contributed by atoms with Crippen LogP contribution in [-0.4, -0.2) is 80.6 Å². The summed E-state index contributed by atoms with van der Waals surface area (Å²) in [6.45, 7) is 4.43. The molecule has 0 fully saturated rings. The van der Waals surface area contributed by atoms with E-state index in [9.17, 15) is 19.5 Å². The molecular formula is C50H82NO7+. The number of hydrogen-bond acceptors (Lipinski definition) is 6. The maximum atomic E-state index is 12.7. The van der Waals surface area contributed by atoms with Gasteiger partial charge in [-0.15, -0.1) is 0 Å². The van der Waals surface area contributed by atoms with E-state index >= 15 is 0 Å².